The molecule has 126 valence electrons. The maximum absolute atomic E-state index is 6.16. The van der Waals surface area contributed by atoms with E-state index in [4.69, 9.17) is 28.6 Å². The summed E-state index contributed by atoms with van der Waals surface area (Å²) in [5.74, 6) is 0.931. The first-order valence-corrected chi connectivity index (χ1v) is 9.64. The van der Waals surface area contributed by atoms with Gasteiger partial charge >= 0.3 is 0 Å². The van der Waals surface area contributed by atoms with Crippen molar-refractivity contribution in [3.63, 3.8) is 0 Å². The Kier molecular flexibility index (Phi) is 5.48. The average molecular weight is 352 g/mol. The molecule has 2 fully saturated rings. The highest BCUT2D eigenvalue weighted by atomic mass is 35.5. The summed E-state index contributed by atoms with van der Waals surface area (Å²) in [6, 6.07) is 7.63. The lowest BCUT2D eigenvalue weighted by atomic mass is 9.57. The van der Waals surface area contributed by atoms with Crippen molar-refractivity contribution in [3.05, 3.63) is 29.3 Å². The minimum absolute atomic E-state index is 0.285. The molecule has 2 aliphatic carbocycles. The van der Waals surface area contributed by atoms with Gasteiger partial charge in [-0.15, -0.1) is 0 Å². The van der Waals surface area contributed by atoms with E-state index in [1.165, 1.54) is 44.9 Å². The maximum atomic E-state index is 6.16. The van der Waals surface area contributed by atoms with Crippen molar-refractivity contribution in [2.24, 2.45) is 11.3 Å². The van der Waals surface area contributed by atoms with Crippen molar-refractivity contribution < 1.29 is 4.74 Å². The van der Waals surface area contributed by atoms with Gasteiger partial charge in [0.1, 0.15) is 6.10 Å². The van der Waals surface area contributed by atoms with E-state index in [2.05, 4.69) is 12.2 Å². The van der Waals surface area contributed by atoms with E-state index in [1.807, 2.05) is 24.3 Å². The fourth-order valence-corrected chi connectivity index (χ4v) is 4.62. The van der Waals surface area contributed by atoms with Crippen LogP contribution in [-0.2, 0) is 4.74 Å². The summed E-state index contributed by atoms with van der Waals surface area (Å²) in [5, 5.41) is 4.26. The van der Waals surface area contributed by atoms with Crippen LogP contribution >= 0.6 is 23.8 Å². The summed E-state index contributed by atoms with van der Waals surface area (Å²) in [5.41, 5.74) is 1.20. The molecule has 2 saturated carbocycles. The van der Waals surface area contributed by atoms with E-state index >= 15 is 0 Å². The number of ether oxygens (including phenoxy) is 1. The molecule has 2 aliphatic rings. The number of anilines is 1. The number of thiocarbonyl (C=S) groups is 1. The lowest BCUT2D eigenvalue weighted by Gasteiger charge is -2.52. The molecule has 1 atom stereocenters. The normalized spacial score (nSPS) is 29.8. The Morgan fingerprint density at radius 2 is 1.96 bits per heavy atom. The summed E-state index contributed by atoms with van der Waals surface area (Å²) in [6.07, 6.45) is 10.7. The second-order valence-electron chi connectivity index (χ2n) is 7.13. The molecule has 1 spiro atoms. The predicted octanol–water partition coefficient (Wildman–Crippen LogP) is 6.19. The molecular formula is C19H26ClNOS. The van der Waals surface area contributed by atoms with E-state index in [-0.39, 0.29) is 6.10 Å². The molecule has 1 aromatic rings. The Bertz CT molecular complexity index is 554. The number of rotatable bonds is 4. The van der Waals surface area contributed by atoms with Gasteiger partial charge in [-0.1, -0.05) is 43.5 Å². The topological polar surface area (TPSA) is 21.3 Å². The Labute approximate surface area is 149 Å². The number of benzene rings is 1. The van der Waals surface area contributed by atoms with Crippen LogP contribution in [0.25, 0.3) is 0 Å². The van der Waals surface area contributed by atoms with Crippen molar-refractivity contribution in [2.75, 3.05) is 5.32 Å². The molecule has 1 N–H and O–H groups in total. The van der Waals surface area contributed by atoms with Crippen LogP contribution in [0.4, 0.5) is 5.69 Å². The number of hydrogen-bond acceptors (Lipinski definition) is 2. The Hall–Kier alpha value is -0.800. The van der Waals surface area contributed by atoms with Crippen LogP contribution in [-0.4, -0.2) is 11.3 Å². The monoisotopic (exact) mass is 351 g/mol. The Morgan fingerprint density at radius 1 is 1.26 bits per heavy atom. The zero-order valence-corrected chi connectivity index (χ0v) is 15.4. The summed E-state index contributed by atoms with van der Waals surface area (Å²) in [6.45, 7) is 2.29. The van der Waals surface area contributed by atoms with Gasteiger partial charge in [0.25, 0.3) is 5.17 Å². The second-order valence-corrected chi connectivity index (χ2v) is 7.91. The van der Waals surface area contributed by atoms with Crippen LogP contribution in [0.15, 0.2) is 24.3 Å². The fraction of sp³-hybridized carbons (Fsp3) is 0.632. The average Bonchev–Trinajstić information content (AvgIpc) is 2.55. The molecule has 0 aliphatic heterocycles. The summed E-state index contributed by atoms with van der Waals surface area (Å²) in [7, 11) is 0. The van der Waals surface area contributed by atoms with Crippen molar-refractivity contribution in [2.45, 2.75) is 64.4 Å². The van der Waals surface area contributed by atoms with Gasteiger partial charge in [-0.2, -0.15) is 0 Å². The first-order valence-electron chi connectivity index (χ1n) is 8.85. The first-order chi connectivity index (χ1) is 11.1. The molecule has 0 heterocycles. The van der Waals surface area contributed by atoms with E-state index in [9.17, 15) is 0 Å². The van der Waals surface area contributed by atoms with Crippen LogP contribution in [0, 0.1) is 11.3 Å². The van der Waals surface area contributed by atoms with Crippen LogP contribution in [0.3, 0.4) is 0 Å². The van der Waals surface area contributed by atoms with E-state index < -0.39 is 0 Å². The van der Waals surface area contributed by atoms with Gasteiger partial charge in [0.05, 0.1) is 10.7 Å². The van der Waals surface area contributed by atoms with Gasteiger partial charge in [-0.25, -0.2) is 0 Å². The number of halogens is 1. The Balaban J connectivity index is 1.53. The maximum Gasteiger partial charge on any atom is 0.261 e. The van der Waals surface area contributed by atoms with Crippen LogP contribution in [0.1, 0.15) is 58.3 Å². The Morgan fingerprint density at radius 3 is 2.57 bits per heavy atom. The van der Waals surface area contributed by atoms with Gasteiger partial charge in [0.15, 0.2) is 0 Å². The summed E-state index contributed by atoms with van der Waals surface area (Å²) >= 11 is 11.6. The highest BCUT2D eigenvalue weighted by molar-refractivity contribution is 7.80. The lowest BCUT2D eigenvalue weighted by molar-refractivity contribution is -0.0843. The number of para-hydroxylation sites is 1. The fourth-order valence-electron chi connectivity index (χ4n) is 4.21. The summed E-state index contributed by atoms with van der Waals surface area (Å²) < 4.78 is 6.10. The molecular weight excluding hydrogens is 326 g/mol. The van der Waals surface area contributed by atoms with Gasteiger partial charge in [0.2, 0.25) is 0 Å². The zero-order valence-electron chi connectivity index (χ0n) is 13.8. The largest absolute Gasteiger partial charge is 0.467 e. The molecule has 1 unspecified atom stereocenters. The third-order valence-electron chi connectivity index (χ3n) is 5.75. The minimum atomic E-state index is 0.285. The second kappa shape index (κ2) is 7.40. The van der Waals surface area contributed by atoms with Crippen LogP contribution in [0.5, 0.6) is 0 Å². The third-order valence-corrected chi connectivity index (χ3v) is 6.27. The molecule has 3 rings (SSSR count). The van der Waals surface area contributed by atoms with Gasteiger partial charge in [-0.3, -0.25) is 0 Å². The molecule has 0 aromatic heterocycles. The SMILES string of the molecule is CCCC1CCC2(CC1)CCC2OC(=S)Nc1ccccc1Cl. The zero-order chi connectivity index (χ0) is 16.3. The minimum Gasteiger partial charge on any atom is -0.467 e. The quantitative estimate of drug-likeness (QED) is 0.653. The van der Waals surface area contributed by atoms with Gasteiger partial charge in [-0.05, 0) is 68.8 Å². The molecule has 23 heavy (non-hydrogen) atoms. The molecule has 0 amide bonds. The smallest absolute Gasteiger partial charge is 0.261 e. The molecule has 0 bridgehead atoms. The molecule has 1 aromatic carbocycles. The van der Waals surface area contributed by atoms with Crippen LogP contribution < -0.4 is 5.32 Å². The standard InChI is InChI=1S/C19H26ClNOS/c1-2-5-14-8-11-19(12-9-14)13-10-17(19)22-18(23)21-16-7-4-3-6-15(16)20/h3-4,6-7,14,17H,2,5,8-13H2,1H3,(H,21,23). The van der Waals surface area contributed by atoms with Gasteiger partial charge in [0, 0.05) is 5.41 Å². The predicted molar refractivity (Wildman–Crippen MR) is 101 cm³/mol. The molecule has 0 saturated heterocycles. The molecule has 2 nitrogen and oxygen atoms in total. The van der Waals surface area contributed by atoms with Crippen molar-refractivity contribution in [1.29, 1.82) is 0 Å². The first kappa shape index (κ1) is 17.0. The van der Waals surface area contributed by atoms with E-state index in [0.717, 1.165) is 18.0 Å². The highest BCUT2D eigenvalue weighted by Crippen LogP contribution is 2.54. The van der Waals surface area contributed by atoms with Crippen molar-refractivity contribution in [1.82, 2.24) is 0 Å². The van der Waals surface area contributed by atoms with Crippen molar-refractivity contribution >= 4 is 34.7 Å². The van der Waals surface area contributed by atoms with E-state index in [1.54, 1.807) is 0 Å². The van der Waals surface area contributed by atoms with Crippen LogP contribution in [0.2, 0.25) is 5.02 Å². The van der Waals surface area contributed by atoms with Crippen molar-refractivity contribution in [3.8, 4) is 0 Å². The highest BCUT2D eigenvalue weighted by Gasteiger charge is 2.50. The number of nitrogens with one attached hydrogen (secondary N) is 1. The van der Waals surface area contributed by atoms with E-state index in [0.29, 0.717) is 15.6 Å². The molecule has 4 heteroatoms. The van der Waals surface area contributed by atoms with Gasteiger partial charge < -0.3 is 10.1 Å². The molecule has 0 radical (unpaired) electrons. The third kappa shape index (κ3) is 3.83. The summed E-state index contributed by atoms with van der Waals surface area (Å²) in [4.78, 5) is 0. The number of hydrogen-bond donors (Lipinski definition) is 1. The lowest BCUT2D eigenvalue weighted by Crippen LogP contribution is -2.50.